The zero-order valence-corrected chi connectivity index (χ0v) is 9.73. The van der Waals surface area contributed by atoms with Crippen LogP contribution in [0.15, 0.2) is 6.33 Å². The lowest BCUT2D eigenvalue weighted by Crippen LogP contribution is -2.48. The summed E-state index contributed by atoms with van der Waals surface area (Å²) in [6.07, 6.45) is 1.32. The normalized spacial score (nSPS) is 17.9. The molecule has 2 amide bonds. The Morgan fingerprint density at radius 3 is 3.22 bits per heavy atom. The highest BCUT2D eigenvalue weighted by Gasteiger charge is 2.25. The van der Waals surface area contributed by atoms with Crippen LogP contribution in [0.5, 0.6) is 0 Å². The summed E-state index contributed by atoms with van der Waals surface area (Å²) in [6, 6.07) is -0.311. The van der Waals surface area contributed by atoms with Gasteiger partial charge in [-0.05, 0) is 0 Å². The molecule has 1 unspecified atom stereocenters. The summed E-state index contributed by atoms with van der Waals surface area (Å²) in [6.45, 7) is 0.903. The van der Waals surface area contributed by atoms with Gasteiger partial charge in [0.15, 0.2) is 0 Å². The summed E-state index contributed by atoms with van der Waals surface area (Å²) >= 11 is 0. The maximum absolute atomic E-state index is 11.8. The van der Waals surface area contributed by atoms with E-state index in [2.05, 4.69) is 25.3 Å². The number of hydrogen-bond donors (Lipinski definition) is 4. The Hall–Kier alpha value is -2.09. The number of carbonyl (C=O) groups excluding carboxylic acids is 2. The lowest BCUT2D eigenvalue weighted by molar-refractivity contribution is -0.123. The molecule has 1 aromatic heterocycles. The van der Waals surface area contributed by atoms with Crippen molar-refractivity contribution in [3.8, 4) is 0 Å². The molecule has 0 spiro atoms. The fourth-order valence-corrected chi connectivity index (χ4v) is 1.80. The molecule has 0 saturated carbocycles. The first kappa shape index (κ1) is 12.4. The molecule has 0 fully saturated rings. The number of H-pyrrole nitrogens is 1. The summed E-state index contributed by atoms with van der Waals surface area (Å²) in [5.41, 5.74) is 6.71. The molecule has 0 aromatic carbocycles. The van der Waals surface area contributed by atoms with Crippen molar-refractivity contribution < 1.29 is 14.3 Å². The van der Waals surface area contributed by atoms with Gasteiger partial charge >= 0.3 is 6.09 Å². The number of aromatic amines is 1. The number of ether oxygens (including phenoxy) is 1. The minimum absolute atomic E-state index is 0.0709. The van der Waals surface area contributed by atoms with Crippen molar-refractivity contribution in [3.63, 3.8) is 0 Å². The number of imidazole rings is 1. The smallest absolute Gasteiger partial charge is 0.404 e. The Kier molecular flexibility index (Phi) is 3.78. The van der Waals surface area contributed by atoms with Crippen molar-refractivity contribution in [3.05, 3.63) is 17.7 Å². The predicted octanol–water partition coefficient (Wildman–Crippen LogP) is -1.36. The number of hydrogen-bond acceptors (Lipinski definition) is 5. The molecule has 0 aliphatic carbocycles. The minimum atomic E-state index is -0.846. The largest absolute Gasteiger partial charge is 0.448 e. The average molecular weight is 253 g/mol. The van der Waals surface area contributed by atoms with Gasteiger partial charge in [0.05, 0.1) is 30.3 Å². The monoisotopic (exact) mass is 253 g/mol. The van der Waals surface area contributed by atoms with Crippen LogP contribution < -0.4 is 16.4 Å². The molecule has 0 bridgehead atoms. The maximum atomic E-state index is 11.8. The number of nitrogens with one attached hydrogen (secondary N) is 3. The van der Waals surface area contributed by atoms with Crippen LogP contribution in [0.25, 0.3) is 0 Å². The van der Waals surface area contributed by atoms with Crippen molar-refractivity contribution >= 4 is 12.0 Å². The third-order valence-corrected chi connectivity index (χ3v) is 2.69. The number of amides is 2. The van der Waals surface area contributed by atoms with Crippen molar-refractivity contribution in [1.29, 1.82) is 0 Å². The summed E-state index contributed by atoms with van der Waals surface area (Å²) < 4.78 is 4.51. The van der Waals surface area contributed by atoms with Crippen LogP contribution in [-0.4, -0.2) is 41.2 Å². The van der Waals surface area contributed by atoms with Crippen LogP contribution in [0.2, 0.25) is 0 Å². The highest BCUT2D eigenvalue weighted by Crippen LogP contribution is 2.11. The van der Waals surface area contributed by atoms with E-state index in [0.29, 0.717) is 13.0 Å². The summed E-state index contributed by atoms with van der Waals surface area (Å²) in [7, 11) is 0. The van der Waals surface area contributed by atoms with Gasteiger partial charge in [-0.2, -0.15) is 0 Å². The van der Waals surface area contributed by atoms with Gasteiger partial charge in [0, 0.05) is 13.0 Å². The highest BCUT2D eigenvalue weighted by atomic mass is 16.5. The standard InChI is InChI=1S/C10H15N5O3/c11-10(17)18-2-1-12-9(16)7-3-6-8(4-13-7)15-5-14-6/h5,7,13H,1-4H2,(H2,11,17)(H,12,16)(H,14,15). The Morgan fingerprint density at radius 1 is 1.61 bits per heavy atom. The summed E-state index contributed by atoms with van der Waals surface area (Å²) in [5.74, 6) is -0.142. The summed E-state index contributed by atoms with van der Waals surface area (Å²) in [4.78, 5) is 29.3. The van der Waals surface area contributed by atoms with E-state index >= 15 is 0 Å². The van der Waals surface area contributed by atoms with E-state index in [1.807, 2.05) is 0 Å². The highest BCUT2D eigenvalue weighted by molar-refractivity contribution is 5.82. The number of primary amides is 1. The first-order valence-electron chi connectivity index (χ1n) is 5.61. The van der Waals surface area contributed by atoms with Crippen LogP contribution >= 0.6 is 0 Å². The molecule has 2 rings (SSSR count). The van der Waals surface area contributed by atoms with Crippen LogP contribution in [0.3, 0.4) is 0 Å². The van der Waals surface area contributed by atoms with Gasteiger partial charge < -0.3 is 20.8 Å². The van der Waals surface area contributed by atoms with Gasteiger partial charge in [0.25, 0.3) is 0 Å². The topological polar surface area (TPSA) is 122 Å². The van der Waals surface area contributed by atoms with Gasteiger partial charge in [-0.3, -0.25) is 10.1 Å². The molecule has 1 aliphatic heterocycles. The fourth-order valence-electron chi connectivity index (χ4n) is 1.80. The first-order chi connectivity index (χ1) is 8.66. The van der Waals surface area contributed by atoms with Crippen molar-refractivity contribution in [2.45, 2.75) is 19.0 Å². The van der Waals surface area contributed by atoms with Gasteiger partial charge in [-0.15, -0.1) is 0 Å². The van der Waals surface area contributed by atoms with Gasteiger partial charge in [0.2, 0.25) is 5.91 Å². The number of nitrogens with zero attached hydrogens (tertiary/aromatic N) is 1. The average Bonchev–Trinajstić information content (AvgIpc) is 2.81. The van der Waals surface area contributed by atoms with Gasteiger partial charge in [-0.1, -0.05) is 0 Å². The Bertz CT molecular complexity index is 444. The molecule has 1 aromatic rings. The molecule has 1 aliphatic rings. The predicted molar refractivity (Wildman–Crippen MR) is 61.5 cm³/mol. The molecule has 8 heteroatoms. The Labute approximate surface area is 103 Å². The number of fused-ring (bicyclic) bond motifs is 1. The SMILES string of the molecule is NC(=O)OCCNC(=O)C1Cc2nc[nH]c2CN1. The van der Waals surface area contributed by atoms with Crippen LogP contribution in [0, 0.1) is 0 Å². The van der Waals surface area contributed by atoms with E-state index in [9.17, 15) is 9.59 Å². The van der Waals surface area contributed by atoms with Crippen molar-refractivity contribution in [2.24, 2.45) is 5.73 Å². The van der Waals surface area contributed by atoms with E-state index < -0.39 is 6.09 Å². The van der Waals surface area contributed by atoms with Crippen LogP contribution in [-0.2, 0) is 22.5 Å². The Balaban J connectivity index is 1.75. The van der Waals surface area contributed by atoms with E-state index in [0.717, 1.165) is 11.4 Å². The van der Waals surface area contributed by atoms with Gasteiger partial charge in [0.1, 0.15) is 6.61 Å². The third kappa shape index (κ3) is 2.98. The van der Waals surface area contributed by atoms with E-state index in [-0.39, 0.29) is 25.1 Å². The Morgan fingerprint density at radius 2 is 2.44 bits per heavy atom. The molecule has 2 heterocycles. The third-order valence-electron chi connectivity index (χ3n) is 2.69. The number of carbonyl (C=O) groups is 2. The molecular weight excluding hydrogens is 238 g/mol. The van der Waals surface area contributed by atoms with Crippen LogP contribution in [0.4, 0.5) is 4.79 Å². The van der Waals surface area contributed by atoms with Crippen molar-refractivity contribution in [2.75, 3.05) is 13.2 Å². The lowest BCUT2D eigenvalue weighted by Gasteiger charge is -2.22. The molecule has 1 atom stereocenters. The second-order valence-corrected chi connectivity index (χ2v) is 3.92. The van der Waals surface area contributed by atoms with E-state index in [1.165, 1.54) is 0 Å². The number of nitrogens with two attached hydrogens (primary N) is 1. The molecular formula is C10H15N5O3. The minimum Gasteiger partial charge on any atom is -0.448 e. The lowest BCUT2D eigenvalue weighted by atomic mass is 10.1. The zero-order valence-electron chi connectivity index (χ0n) is 9.73. The fraction of sp³-hybridized carbons (Fsp3) is 0.500. The van der Waals surface area contributed by atoms with E-state index in [1.54, 1.807) is 6.33 Å². The molecule has 5 N–H and O–H groups in total. The second kappa shape index (κ2) is 5.50. The molecule has 8 nitrogen and oxygen atoms in total. The maximum Gasteiger partial charge on any atom is 0.404 e. The summed E-state index contributed by atoms with van der Waals surface area (Å²) in [5, 5.41) is 5.75. The molecule has 98 valence electrons. The first-order valence-corrected chi connectivity index (χ1v) is 5.61. The van der Waals surface area contributed by atoms with Crippen molar-refractivity contribution in [1.82, 2.24) is 20.6 Å². The van der Waals surface area contributed by atoms with E-state index in [4.69, 9.17) is 5.73 Å². The zero-order chi connectivity index (χ0) is 13.0. The molecule has 0 radical (unpaired) electrons. The molecule has 18 heavy (non-hydrogen) atoms. The molecule has 0 saturated heterocycles. The van der Waals surface area contributed by atoms with Gasteiger partial charge in [-0.25, -0.2) is 9.78 Å². The number of rotatable bonds is 4. The quantitative estimate of drug-likeness (QED) is 0.493. The van der Waals surface area contributed by atoms with Crippen LogP contribution in [0.1, 0.15) is 11.4 Å². The second-order valence-electron chi connectivity index (χ2n) is 3.92. The number of aromatic nitrogens is 2.